The van der Waals surface area contributed by atoms with Gasteiger partial charge < -0.3 is 10.6 Å². The van der Waals surface area contributed by atoms with Crippen LogP contribution in [0.2, 0.25) is 0 Å². The lowest BCUT2D eigenvalue weighted by atomic mass is 10.0. The predicted octanol–water partition coefficient (Wildman–Crippen LogP) is 1.98. The topological polar surface area (TPSA) is 60.8 Å². The minimum Gasteiger partial charge on any atom is -0.353 e. The Morgan fingerprint density at radius 1 is 1.24 bits per heavy atom. The first-order valence-corrected chi connectivity index (χ1v) is 6.02. The molecule has 4 heteroatoms. The highest BCUT2D eigenvalue weighted by Gasteiger charge is 2.35. The summed E-state index contributed by atoms with van der Waals surface area (Å²) in [7, 11) is 0. The summed E-state index contributed by atoms with van der Waals surface area (Å²) in [6.45, 7) is 0. The van der Waals surface area contributed by atoms with Gasteiger partial charge in [0, 0.05) is 24.1 Å². The molecule has 1 aromatic rings. The van der Waals surface area contributed by atoms with E-state index < -0.39 is 0 Å². The van der Waals surface area contributed by atoms with E-state index in [1.165, 1.54) is 6.42 Å². The van der Waals surface area contributed by atoms with Crippen LogP contribution in [0.25, 0.3) is 0 Å². The molecule has 4 nitrogen and oxygen atoms in total. The first-order chi connectivity index (χ1) is 8.31. The van der Waals surface area contributed by atoms with E-state index in [9.17, 15) is 0 Å². The van der Waals surface area contributed by atoms with Crippen LogP contribution in [0.1, 0.15) is 12.8 Å². The summed E-state index contributed by atoms with van der Waals surface area (Å²) in [6.07, 6.45) is 10.4. The Labute approximate surface area is 101 Å². The minimum absolute atomic E-state index is 0.377. The summed E-state index contributed by atoms with van der Waals surface area (Å²) in [4.78, 5) is 3.95. The fraction of sp³-hybridized carbons (Fsp3) is 0.385. The van der Waals surface area contributed by atoms with Gasteiger partial charge in [-0.05, 0) is 36.8 Å². The fourth-order valence-corrected chi connectivity index (χ4v) is 2.75. The number of hydrogen-bond donors (Lipinski definition) is 3. The molecule has 1 aromatic heterocycles. The Balaban J connectivity index is 1.56. The second-order valence-corrected chi connectivity index (χ2v) is 4.77. The Morgan fingerprint density at radius 3 is 2.71 bits per heavy atom. The van der Waals surface area contributed by atoms with Gasteiger partial charge in [-0.3, -0.25) is 10.4 Å². The maximum absolute atomic E-state index is 7.90. The molecule has 3 unspecified atom stereocenters. The summed E-state index contributed by atoms with van der Waals surface area (Å²) >= 11 is 0. The molecule has 1 saturated carbocycles. The Kier molecular flexibility index (Phi) is 2.55. The lowest BCUT2D eigenvalue weighted by molar-refractivity contribution is 0.522. The third-order valence-electron chi connectivity index (χ3n) is 3.56. The highest BCUT2D eigenvalue weighted by molar-refractivity contribution is 5.91. The van der Waals surface area contributed by atoms with E-state index >= 15 is 0 Å². The molecular weight excluding hydrogens is 212 g/mol. The predicted molar refractivity (Wildman–Crippen MR) is 67.9 cm³/mol. The Hall–Kier alpha value is -1.84. The normalized spacial score (nSPS) is 29.3. The van der Waals surface area contributed by atoms with E-state index in [-0.39, 0.29) is 0 Å². The van der Waals surface area contributed by atoms with E-state index in [0.717, 1.165) is 18.0 Å². The number of nitrogens with one attached hydrogen (secondary N) is 3. The van der Waals surface area contributed by atoms with Crippen LogP contribution >= 0.6 is 0 Å². The zero-order valence-corrected chi connectivity index (χ0v) is 9.56. The average molecular weight is 228 g/mol. The van der Waals surface area contributed by atoms with Gasteiger partial charge in [0.1, 0.15) is 0 Å². The minimum atomic E-state index is 0.377. The van der Waals surface area contributed by atoms with Crippen LogP contribution in [0.15, 0.2) is 36.7 Å². The second-order valence-electron chi connectivity index (χ2n) is 4.77. The van der Waals surface area contributed by atoms with E-state index in [1.54, 1.807) is 12.4 Å². The molecule has 3 rings (SSSR count). The zero-order chi connectivity index (χ0) is 11.7. The number of allylic oxidation sites excluding steroid dienone is 1. The molecule has 2 bridgehead atoms. The van der Waals surface area contributed by atoms with E-state index in [0.29, 0.717) is 17.9 Å². The molecule has 0 spiro atoms. The molecule has 0 aromatic carbocycles. The van der Waals surface area contributed by atoms with Crippen LogP contribution in [0.5, 0.6) is 0 Å². The molecule has 88 valence electrons. The summed E-state index contributed by atoms with van der Waals surface area (Å²) < 4.78 is 0. The van der Waals surface area contributed by atoms with Crippen LogP contribution in [0.3, 0.4) is 0 Å². The van der Waals surface area contributed by atoms with E-state index in [2.05, 4.69) is 27.8 Å². The second kappa shape index (κ2) is 4.20. The molecule has 1 heterocycles. The first kappa shape index (κ1) is 10.3. The number of guanidine groups is 1. The number of rotatable bonds is 2. The van der Waals surface area contributed by atoms with Gasteiger partial charge in [0.15, 0.2) is 5.96 Å². The summed E-state index contributed by atoms with van der Waals surface area (Å²) in [6, 6.07) is 4.14. The molecule has 0 radical (unpaired) electrons. The number of fused-ring (bicyclic) bond motifs is 2. The lowest BCUT2D eigenvalue weighted by Gasteiger charge is -2.21. The van der Waals surface area contributed by atoms with Crippen molar-refractivity contribution in [3.05, 3.63) is 36.7 Å². The highest BCUT2D eigenvalue weighted by Crippen LogP contribution is 2.38. The highest BCUT2D eigenvalue weighted by atomic mass is 15.2. The lowest BCUT2D eigenvalue weighted by Crippen LogP contribution is -2.40. The average Bonchev–Trinajstić information content (AvgIpc) is 2.92. The van der Waals surface area contributed by atoms with Gasteiger partial charge in [-0.1, -0.05) is 12.2 Å². The van der Waals surface area contributed by atoms with Crippen LogP contribution in [-0.4, -0.2) is 17.0 Å². The van der Waals surface area contributed by atoms with E-state index in [4.69, 9.17) is 5.41 Å². The molecule has 2 aliphatic carbocycles. The summed E-state index contributed by atoms with van der Waals surface area (Å²) in [5.74, 6) is 1.72. The van der Waals surface area contributed by atoms with Crippen molar-refractivity contribution in [3.63, 3.8) is 0 Å². The van der Waals surface area contributed by atoms with Gasteiger partial charge in [-0.25, -0.2) is 0 Å². The maximum Gasteiger partial charge on any atom is 0.193 e. The van der Waals surface area contributed by atoms with Gasteiger partial charge in [0.05, 0.1) is 0 Å². The van der Waals surface area contributed by atoms with Gasteiger partial charge >= 0.3 is 0 Å². The molecule has 0 aliphatic heterocycles. The Morgan fingerprint density at radius 2 is 2.06 bits per heavy atom. The standard InChI is InChI=1S/C13H16N4/c14-13(16-11-3-5-15-6-4-11)17-12-8-9-1-2-10(12)7-9/h1-6,9-10,12H,7-8H2,(H3,14,15,16,17). The summed E-state index contributed by atoms with van der Waals surface area (Å²) in [5.41, 5.74) is 0.899. The van der Waals surface area contributed by atoms with Crippen molar-refractivity contribution in [2.45, 2.75) is 18.9 Å². The van der Waals surface area contributed by atoms with Gasteiger partial charge in [-0.15, -0.1) is 0 Å². The van der Waals surface area contributed by atoms with Crippen molar-refractivity contribution >= 4 is 11.6 Å². The van der Waals surface area contributed by atoms with Crippen LogP contribution in [0.4, 0.5) is 5.69 Å². The van der Waals surface area contributed by atoms with Crippen molar-refractivity contribution in [3.8, 4) is 0 Å². The molecule has 1 fully saturated rings. The first-order valence-electron chi connectivity index (χ1n) is 6.02. The SMILES string of the molecule is N=C(Nc1ccncc1)NC1CC2C=CC1C2. The number of anilines is 1. The third-order valence-corrected chi connectivity index (χ3v) is 3.56. The van der Waals surface area contributed by atoms with Gasteiger partial charge in [0.25, 0.3) is 0 Å². The fourth-order valence-electron chi connectivity index (χ4n) is 2.75. The molecular formula is C13H16N4. The van der Waals surface area contributed by atoms with Crippen molar-refractivity contribution in [1.82, 2.24) is 10.3 Å². The van der Waals surface area contributed by atoms with Crippen molar-refractivity contribution < 1.29 is 0 Å². The molecule has 2 aliphatic rings. The Bertz CT molecular complexity index is 440. The largest absolute Gasteiger partial charge is 0.353 e. The summed E-state index contributed by atoms with van der Waals surface area (Å²) in [5, 5.41) is 14.2. The zero-order valence-electron chi connectivity index (χ0n) is 9.56. The molecule has 17 heavy (non-hydrogen) atoms. The van der Waals surface area contributed by atoms with Gasteiger partial charge in [-0.2, -0.15) is 0 Å². The molecule has 0 amide bonds. The van der Waals surface area contributed by atoms with E-state index in [1.807, 2.05) is 12.1 Å². The quantitative estimate of drug-likeness (QED) is 0.412. The van der Waals surface area contributed by atoms with Crippen molar-refractivity contribution in [2.24, 2.45) is 11.8 Å². The monoisotopic (exact) mass is 228 g/mol. The molecule has 3 N–H and O–H groups in total. The molecule has 3 atom stereocenters. The number of aromatic nitrogens is 1. The van der Waals surface area contributed by atoms with Crippen molar-refractivity contribution in [2.75, 3.05) is 5.32 Å². The number of nitrogens with zero attached hydrogens (tertiary/aromatic N) is 1. The smallest absolute Gasteiger partial charge is 0.193 e. The van der Waals surface area contributed by atoms with Crippen molar-refractivity contribution in [1.29, 1.82) is 5.41 Å². The van der Waals surface area contributed by atoms with Gasteiger partial charge in [0.2, 0.25) is 0 Å². The number of hydrogen-bond acceptors (Lipinski definition) is 2. The third kappa shape index (κ3) is 2.16. The maximum atomic E-state index is 7.90. The molecule has 0 saturated heterocycles. The van der Waals surface area contributed by atoms with Crippen LogP contribution in [0, 0.1) is 17.2 Å². The van der Waals surface area contributed by atoms with Crippen LogP contribution in [-0.2, 0) is 0 Å². The number of pyridine rings is 1. The van der Waals surface area contributed by atoms with Crippen LogP contribution < -0.4 is 10.6 Å².